The summed E-state index contributed by atoms with van der Waals surface area (Å²) in [5.41, 5.74) is 6.65. The Morgan fingerprint density at radius 1 is 0.643 bits per heavy atom. The maximum atomic E-state index is 4.94. The third-order valence-corrected chi connectivity index (χ3v) is 5.80. The van der Waals surface area contributed by atoms with Gasteiger partial charge >= 0.3 is 0 Å². The Balaban J connectivity index is 1.56. The van der Waals surface area contributed by atoms with E-state index in [9.17, 15) is 0 Å². The number of nitrogens with one attached hydrogen (secondary N) is 3. The molecule has 0 aliphatic carbocycles. The van der Waals surface area contributed by atoms with Crippen LogP contribution in [0.1, 0.15) is 17.1 Å². The van der Waals surface area contributed by atoms with Gasteiger partial charge in [-0.2, -0.15) is 0 Å². The summed E-state index contributed by atoms with van der Waals surface area (Å²) in [4.78, 5) is 15.6. The van der Waals surface area contributed by atoms with E-state index in [0.717, 1.165) is 39.0 Å². The minimum absolute atomic E-state index is 0.0549. The molecule has 0 spiro atoms. The van der Waals surface area contributed by atoms with E-state index >= 15 is 0 Å². The van der Waals surface area contributed by atoms with Crippen molar-refractivity contribution in [3.8, 4) is 0 Å². The maximum absolute atomic E-state index is 4.94. The zero-order valence-corrected chi connectivity index (χ0v) is 15.0. The van der Waals surface area contributed by atoms with Gasteiger partial charge in [-0.25, -0.2) is 0 Å². The minimum atomic E-state index is 0.0549. The highest BCUT2D eigenvalue weighted by atomic mass is 14.8. The van der Waals surface area contributed by atoms with Gasteiger partial charge in [0.2, 0.25) is 0 Å². The van der Waals surface area contributed by atoms with Crippen LogP contribution in [0.2, 0.25) is 0 Å². The van der Waals surface area contributed by atoms with Crippen molar-refractivity contribution in [3.63, 3.8) is 0 Å². The predicted molar refractivity (Wildman–Crippen MR) is 115 cm³/mol. The first kappa shape index (κ1) is 14.3. The van der Waals surface area contributed by atoms with Crippen molar-refractivity contribution in [2.45, 2.75) is 6.04 Å². The van der Waals surface area contributed by atoms with Gasteiger partial charge in [-0.1, -0.05) is 30.3 Å². The second-order valence-electron chi connectivity index (χ2n) is 7.61. The largest absolute Gasteiger partial charge is 0.353 e. The summed E-state index contributed by atoms with van der Waals surface area (Å²) in [6.45, 7) is 0. The number of nitrogens with zero attached hydrogens (tertiary/aromatic N) is 1. The molecule has 2 aromatic carbocycles. The number of fused-ring (bicyclic) bond motifs is 4. The summed E-state index contributed by atoms with van der Waals surface area (Å²) in [5.74, 6) is 0. The first-order chi connectivity index (χ1) is 13.8. The second kappa shape index (κ2) is 4.93. The number of hydrogen-bond donors (Lipinski definition) is 3. The second-order valence-corrected chi connectivity index (χ2v) is 7.61. The Labute approximate surface area is 159 Å². The summed E-state index contributed by atoms with van der Waals surface area (Å²) in [5, 5.41) is 5.85. The van der Waals surface area contributed by atoms with E-state index < -0.39 is 0 Å². The Morgan fingerprint density at radius 3 is 1.93 bits per heavy atom. The number of hydrogen-bond acceptors (Lipinski definition) is 1. The zero-order valence-electron chi connectivity index (χ0n) is 15.0. The van der Waals surface area contributed by atoms with Gasteiger partial charge in [0.1, 0.15) is 0 Å². The molecular weight excluding hydrogens is 344 g/mol. The average Bonchev–Trinajstić information content (AvgIpc) is 3.45. The van der Waals surface area contributed by atoms with E-state index in [2.05, 4.69) is 87.8 Å². The van der Waals surface area contributed by atoms with E-state index in [1.54, 1.807) is 0 Å². The van der Waals surface area contributed by atoms with E-state index in [4.69, 9.17) is 4.99 Å². The fourth-order valence-corrected chi connectivity index (χ4v) is 4.46. The molecule has 8 bridgehead atoms. The van der Waals surface area contributed by atoms with Crippen LogP contribution < -0.4 is 10.6 Å². The highest BCUT2D eigenvalue weighted by Crippen LogP contribution is 2.27. The van der Waals surface area contributed by atoms with Gasteiger partial charge in [-0.3, -0.25) is 4.99 Å². The van der Waals surface area contributed by atoms with Crippen LogP contribution in [0.15, 0.2) is 53.5 Å². The molecule has 0 saturated carbocycles. The third kappa shape index (κ3) is 1.92. The summed E-state index contributed by atoms with van der Waals surface area (Å²) in [6, 6.07) is 15.3. The van der Waals surface area contributed by atoms with Crippen molar-refractivity contribution < 1.29 is 0 Å². The lowest BCUT2D eigenvalue weighted by molar-refractivity contribution is 1.06. The Morgan fingerprint density at radius 2 is 1.21 bits per heavy atom. The predicted octanol–water partition coefficient (Wildman–Crippen LogP) is 4.11. The minimum Gasteiger partial charge on any atom is -0.353 e. The summed E-state index contributed by atoms with van der Waals surface area (Å²) < 4.78 is 0. The standard InChI is InChI=1S/C24H16N4/c1-2-14-10-18-7-8-20-12-16-4-3-15-11-19(27-23(15)24(16)28-20)6-5-17-9-13(1)21(25-17)22(14)26-18/h1-12,17,26-28H/b6-5-,8-7-. The molecule has 0 fully saturated rings. The first-order valence-corrected chi connectivity index (χ1v) is 9.52. The summed E-state index contributed by atoms with van der Waals surface area (Å²) in [7, 11) is 0. The van der Waals surface area contributed by atoms with Crippen LogP contribution in [0.3, 0.4) is 0 Å². The van der Waals surface area contributed by atoms with Crippen LogP contribution in [0.4, 0.5) is 0 Å². The van der Waals surface area contributed by atoms with Gasteiger partial charge in [0, 0.05) is 38.5 Å². The lowest BCUT2D eigenvalue weighted by Crippen LogP contribution is -2.21. The van der Waals surface area contributed by atoms with Crippen molar-refractivity contribution >= 4 is 57.0 Å². The third-order valence-electron chi connectivity index (χ3n) is 5.80. The number of benzene rings is 2. The van der Waals surface area contributed by atoms with Gasteiger partial charge in [0.15, 0.2) is 0 Å². The van der Waals surface area contributed by atoms with Crippen LogP contribution in [0.25, 0.3) is 57.0 Å². The molecule has 7 rings (SSSR count). The number of aromatic amines is 3. The van der Waals surface area contributed by atoms with Gasteiger partial charge in [-0.15, -0.1) is 0 Å². The molecule has 4 heteroatoms. The maximum Gasteiger partial charge on any atom is 0.0896 e. The molecule has 0 amide bonds. The van der Waals surface area contributed by atoms with Gasteiger partial charge < -0.3 is 15.0 Å². The van der Waals surface area contributed by atoms with Crippen LogP contribution in [-0.2, 0) is 0 Å². The molecule has 0 saturated heterocycles. The molecule has 2 aliphatic heterocycles. The Bertz CT molecular complexity index is 1620. The Kier molecular flexibility index (Phi) is 2.51. The van der Waals surface area contributed by atoms with Crippen LogP contribution in [0.5, 0.6) is 0 Å². The topological polar surface area (TPSA) is 59.7 Å². The van der Waals surface area contributed by atoms with Crippen molar-refractivity contribution in [1.82, 2.24) is 15.0 Å². The van der Waals surface area contributed by atoms with Gasteiger partial charge in [0.05, 0.1) is 27.9 Å². The van der Waals surface area contributed by atoms with Crippen LogP contribution in [-0.4, -0.2) is 21.0 Å². The number of rotatable bonds is 0. The lowest BCUT2D eigenvalue weighted by Gasteiger charge is -1.95. The fourth-order valence-electron chi connectivity index (χ4n) is 4.46. The molecule has 1 unspecified atom stereocenters. The zero-order chi connectivity index (χ0) is 18.2. The number of H-pyrrole nitrogens is 3. The van der Waals surface area contributed by atoms with Crippen molar-refractivity contribution in [2.24, 2.45) is 4.99 Å². The molecule has 2 aliphatic rings. The summed E-state index contributed by atoms with van der Waals surface area (Å²) >= 11 is 0. The molecule has 0 radical (unpaired) electrons. The van der Waals surface area contributed by atoms with Gasteiger partial charge in [-0.05, 0) is 42.5 Å². The molecule has 1 atom stereocenters. The fraction of sp³-hybridized carbons (Fsp3) is 0.0417. The average molecular weight is 360 g/mol. The van der Waals surface area contributed by atoms with Crippen molar-refractivity contribution in [2.75, 3.05) is 0 Å². The molecule has 5 heterocycles. The normalized spacial score (nSPS) is 19.5. The molecule has 28 heavy (non-hydrogen) atoms. The molecule has 5 aromatic rings. The van der Waals surface area contributed by atoms with E-state index in [-0.39, 0.29) is 6.04 Å². The smallest absolute Gasteiger partial charge is 0.0896 e. The van der Waals surface area contributed by atoms with E-state index in [1.807, 2.05) is 0 Å². The van der Waals surface area contributed by atoms with Crippen molar-refractivity contribution in [1.29, 1.82) is 0 Å². The molecule has 3 aromatic heterocycles. The van der Waals surface area contributed by atoms with Crippen LogP contribution in [0, 0.1) is 0 Å². The van der Waals surface area contributed by atoms with E-state index in [0.29, 0.717) is 0 Å². The highest BCUT2D eigenvalue weighted by Gasteiger charge is 2.11. The quantitative estimate of drug-likeness (QED) is 0.372. The van der Waals surface area contributed by atoms with Gasteiger partial charge in [0.25, 0.3) is 0 Å². The molecule has 132 valence electrons. The first-order valence-electron chi connectivity index (χ1n) is 9.52. The monoisotopic (exact) mass is 360 g/mol. The molecular formula is C24H16N4. The van der Waals surface area contributed by atoms with Crippen LogP contribution >= 0.6 is 0 Å². The SMILES string of the molecule is C1=c2ccc3cc4[nH]c3c2=NC1/C=C\c1cc2ccc3cc([nH]c3c2[nH]1)/C=C\4. The Hall–Kier alpha value is -3.79. The lowest BCUT2D eigenvalue weighted by atomic mass is 10.2. The molecule has 4 nitrogen and oxygen atoms in total. The number of aromatic nitrogens is 3. The van der Waals surface area contributed by atoms with Crippen molar-refractivity contribution in [3.05, 3.63) is 76.2 Å². The van der Waals surface area contributed by atoms with E-state index in [1.165, 1.54) is 21.4 Å². The molecule has 3 N–H and O–H groups in total. The highest BCUT2D eigenvalue weighted by molar-refractivity contribution is 6.05. The summed E-state index contributed by atoms with van der Waals surface area (Å²) in [6.07, 6.45) is 10.8.